The molecular formula is C15H14F3N3. The van der Waals surface area contributed by atoms with Crippen LogP contribution in [0.2, 0.25) is 0 Å². The van der Waals surface area contributed by atoms with E-state index in [0.29, 0.717) is 5.92 Å². The van der Waals surface area contributed by atoms with Gasteiger partial charge in [0.1, 0.15) is 11.6 Å². The van der Waals surface area contributed by atoms with Gasteiger partial charge in [-0.15, -0.1) is 0 Å². The lowest BCUT2D eigenvalue weighted by atomic mass is 10.1. The number of nitrogens with one attached hydrogen (secondary N) is 1. The molecular weight excluding hydrogens is 279 g/mol. The van der Waals surface area contributed by atoms with E-state index in [1.807, 2.05) is 30.3 Å². The van der Waals surface area contributed by atoms with E-state index in [0.717, 1.165) is 18.6 Å². The average Bonchev–Trinajstić information content (AvgIpc) is 3.17. The van der Waals surface area contributed by atoms with Gasteiger partial charge in [0.2, 0.25) is 0 Å². The fourth-order valence-corrected chi connectivity index (χ4v) is 2.40. The summed E-state index contributed by atoms with van der Waals surface area (Å²) in [4.78, 5) is 3.92. The Balaban J connectivity index is 1.74. The highest BCUT2D eigenvalue weighted by Gasteiger charge is 2.39. The van der Waals surface area contributed by atoms with Gasteiger partial charge >= 0.3 is 6.18 Å². The lowest BCUT2D eigenvalue weighted by molar-refractivity contribution is -0.137. The largest absolute Gasteiger partial charge is 0.416 e. The molecule has 2 atom stereocenters. The molecule has 1 fully saturated rings. The van der Waals surface area contributed by atoms with Crippen LogP contribution in [0.25, 0.3) is 0 Å². The van der Waals surface area contributed by atoms with Crippen LogP contribution in [0.3, 0.4) is 0 Å². The van der Waals surface area contributed by atoms with E-state index in [1.165, 1.54) is 5.56 Å². The SMILES string of the molecule is Nc1cc(C(F)(F)F)cc(NC2CC2c2ccccc2)n1. The molecule has 0 aliphatic heterocycles. The van der Waals surface area contributed by atoms with Crippen molar-refractivity contribution in [2.75, 3.05) is 11.1 Å². The monoisotopic (exact) mass is 293 g/mol. The van der Waals surface area contributed by atoms with Crippen molar-refractivity contribution in [2.24, 2.45) is 0 Å². The quantitative estimate of drug-likeness (QED) is 0.908. The Morgan fingerprint density at radius 1 is 1.14 bits per heavy atom. The van der Waals surface area contributed by atoms with Gasteiger partial charge in [0.15, 0.2) is 0 Å². The number of benzene rings is 1. The molecule has 6 heteroatoms. The second kappa shape index (κ2) is 4.95. The molecule has 0 spiro atoms. The first-order chi connectivity index (χ1) is 9.93. The van der Waals surface area contributed by atoms with E-state index in [2.05, 4.69) is 10.3 Å². The number of nitrogen functional groups attached to an aromatic ring is 1. The van der Waals surface area contributed by atoms with Crippen LogP contribution in [0.5, 0.6) is 0 Å². The van der Waals surface area contributed by atoms with Gasteiger partial charge in [-0.05, 0) is 24.1 Å². The fourth-order valence-electron chi connectivity index (χ4n) is 2.40. The van der Waals surface area contributed by atoms with Crippen molar-refractivity contribution < 1.29 is 13.2 Å². The van der Waals surface area contributed by atoms with Gasteiger partial charge in [0.05, 0.1) is 5.56 Å². The minimum atomic E-state index is -4.42. The molecule has 1 aliphatic carbocycles. The third-order valence-electron chi connectivity index (χ3n) is 3.52. The topological polar surface area (TPSA) is 50.9 Å². The van der Waals surface area contributed by atoms with Gasteiger partial charge in [-0.25, -0.2) is 4.98 Å². The van der Waals surface area contributed by atoms with Crippen molar-refractivity contribution in [1.82, 2.24) is 4.98 Å². The van der Waals surface area contributed by atoms with Crippen molar-refractivity contribution in [3.05, 3.63) is 53.6 Å². The first kappa shape index (κ1) is 13.7. The van der Waals surface area contributed by atoms with E-state index in [9.17, 15) is 13.2 Å². The molecule has 1 aromatic carbocycles. The number of aromatic nitrogens is 1. The molecule has 0 amide bonds. The summed E-state index contributed by atoms with van der Waals surface area (Å²) in [5, 5.41) is 3.03. The second-order valence-corrected chi connectivity index (χ2v) is 5.17. The third kappa shape index (κ3) is 3.09. The van der Waals surface area contributed by atoms with Crippen LogP contribution < -0.4 is 11.1 Å². The molecule has 3 N–H and O–H groups in total. The Bertz CT molecular complexity index is 640. The molecule has 1 aromatic heterocycles. The molecule has 3 rings (SSSR count). The normalized spacial score (nSPS) is 21.1. The molecule has 0 saturated heterocycles. The van der Waals surface area contributed by atoms with Crippen molar-refractivity contribution >= 4 is 11.6 Å². The predicted molar refractivity (Wildman–Crippen MR) is 74.9 cm³/mol. The molecule has 3 nitrogen and oxygen atoms in total. The van der Waals surface area contributed by atoms with E-state index >= 15 is 0 Å². The zero-order valence-corrected chi connectivity index (χ0v) is 11.1. The smallest absolute Gasteiger partial charge is 0.384 e. The number of anilines is 2. The molecule has 2 aromatic rings. The molecule has 1 saturated carbocycles. The Hall–Kier alpha value is -2.24. The lowest BCUT2D eigenvalue weighted by Crippen LogP contribution is -2.11. The van der Waals surface area contributed by atoms with Gasteiger partial charge in [0.25, 0.3) is 0 Å². The standard InChI is InChI=1S/C15H14F3N3/c16-15(17,18)10-6-13(19)21-14(7-10)20-12-8-11(12)9-4-2-1-3-5-9/h1-7,11-12H,8H2,(H3,19,20,21). The van der Waals surface area contributed by atoms with E-state index < -0.39 is 11.7 Å². The summed E-state index contributed by atoms with van der Waals surface area (Å²) in [6, 6.07) is 11.8. The molecule has 110 valence electrons. The maximum absolute atomic E-state index is 12.7. The lowest BCUT2D eigenvalue weighted by Gasteiger charge is -2.11. The van der Waals surface area contributed by atoms with Crippen LogP contribution >= 0.6 is 0 Å². The molecule has 1 heterocycles. The van der Waals surface area contributed by atoms with E-state index in [4.69, 9.17) is 5.73 Å². The molecule has 21 heavy (non-hydrogen) atoms. The van der Waals surface area contributed by atoms with Crippen LogP contribution in [-0.4, -0.2) is 11.0 Å². The zero-order valence-electron chi connectivity index (χ0n) is 11.1. The number of halogens is 3. The number of nitrogens with zero attached hydrogens (tertiary/aromatic N) is 1. The van der Waals surface area contributed by atoms with Crippen molar-refractivity contribution in [2.45, 2.75) is 24.6 Å². The van der Waals surface area contributed by atoms with E-state index in [-0.39, 0.29) is 17.7 Å². The average molecular weight is 293 g/mol. The Morgan fingerprint density at radius 3 is 2.52 bits per heavy atom. The number of hydrogen-bond donors (Lipinski definition) is 2. The van der Waals surface area contributed by atoms with Gasteiger partial charge in [-0.3, -0.25) is 0 Å². The fraction of sp³-hybridized carbons (Fsp3) is 0.267. The highest BCUT2D eigenvalue weighted by molar-refractivity contribution is 5.50. The number of rotatable bonds is 3. The Labute approximate surface area is 120 Å². The molecule has 1 aliphatic rings. The van der Waals surface area contributed by atoms with Gasteiger partial charge in [-0.2, -0.15) is 13.2 Å². The van der Waals surface area contributed by atoms with Crippen LogP contribution in [0.1, 0.15) is 23.5 Å². The molecule has 0 bridgehead atoms. The number of hydrogen-bond acceptors (Lipinski definition) is 3. The van der Waals surface area contributed by atoms with Gasteiger partial charge < -0.3 is 11.1 Å². The van der Waals surface area contributed by atoms with Crippen molar-refractivity contribution in [3.63, 3.8) is 0 Å². The van der Waals surface area contributed by atoms with Crippen molar-refractivity contribution in [3.8, 4) is 0 Å². The summed E-state index contributed by atoms with van der Waals surface area (Å²) in [5.41, 5.74) is 5.84. The summed E-state index contributed by atoms with van der Waals surface area (Å²) in [6.45, 7) is 0. The first-order valence-electron chi connectivity index (χ1n) is 6.60. The Kier molecular flexibility index (Phi) is 3.23. The minimum Gasteiger partial charge on any atom is -0.384 e. The molecule has 0 radical (unpaired) electrons. The summed E-state index contributed by atoms with van der Waals surface area (Å²) in [5.74, 6) is 0.346. The minimum absolute atomic E-state index is 0.0998. The van der Waals surface area contributed by atoms with Crippen molar-refractivity contribution in [1.29, 1.82) is 0 Å². The van der Waals surface area contributed by atoms with Gasteiger partial charge in [0, 0.05) is 12.0 Å². The highest BCUT2D eigenvalue weighted by atomic mass is 19.4. The number of pyridine rings is 1. The Morgan fingerprint density at radius 2 is 1.86 bits per heavy atom. The maximum Gasteiger partial charge on any atom is 0.416 e. The summed E-state index contributed by atoms with van der Waals surface area (Å²) in [6.07, 6.45) is -3.54. The van der Waals surface area contributed by atoms with Crippen LogP contribution in [0.4, 0.5) is 24.8 Å². The van der Waals surface area contributed by atoms with Crippen LogP contribution in [-0.2, 0) is 6.18 Å². The summed E-state index contributed by atoms with van der Waals surface area (Å²) >= 11 is 0. The maximum atomic E-state index is 12.7. The van der Waals surface area contributed by atoms with E-state index in [1.54, 1.807) is 0 Å². The third-order valence-corrected chi connectivity index (χ3v) is 3.52. The highest BCUT2D eigenvalue weighted by Crippen LogP contribution is 2.43. The number of alkyl halides is 3. The molecule has 2 unspecified atom stereocenters. The number of nitrogens with two attached hydrogens (primary N) is 1. The summed E-state index contributed by atoms with van der Waals surface area (Å²) < 4.78 is 38.2. The summed E-state index contributed by atoms with van der Waals surface area (Å²) in [7, 11) is 0. The zero-order chi connectivity index (χ0) is 15.0. The second-order valence-electron chi connectivity index (χ2n) is 5.17. The van der Waals surface area contributed by atoms with Gasteiger partial charge in [-0.1, -0.05) is 30.3 Å². The first-order valence-corrected chi connectivity index (χ1v) is 6.60. The predicted octanol–water partition coefficient (Wildman–Crippen LogP) is 3.65. The van der Waals surface area contributed by atoms with Crippen LogP contribution in [0.15, 0.2) is 42.5 Å². The van der Waals surface area contributed by atoms with Crippen LogP contribution in [0, 0.1) is 0 Å².